The molecule has 2 aromatic rings. The Morgan fingerprint density at radius 2 is 1.74 bits per heavy atom. The van der Waals surface area contributed by atoms with E-state index in [9.17, 15) is 0 Å². The summed E-state index contributed by atoms with van der Waals surface area (Å²) >= 11 is 20.0. The van der Waals surface area contributed by atoms with Gasteiger partial charge in [-0.15, -0.1) is 11.8 Å². The van der Waals surface area contributed by atoms with Gasteiger partial charge in [-0.3, -0.25) is 0 Å². The molecule has 0 aliphatic carbocycles. The number of nitrogens with one attached hydrogen (secondary N) is 1. The molecular formula is C14H10Cl3NS. The first-order valence-corrected chi connectivity index (χ1v) is 7.90. The zero-order chi connectivity index (χ0) is 13.4. The number of thioether (sulfide) groups is 1. The Balaban J connectivity index is 1.89. The lowest BCUT2D eigenvalue weighted by molar-refractivity contribution is 0.900. The largest absolute Gasteiger partial charge is 0.376 e. The highest BCUT2D eigenvalue weighted by Crippen LogP contribution is 2.41. The van der Waals surface area contributed by atoms with Gasteiger partial charge in [0.05, 0.1) is 26.8 Å². The predicted molar refractivity (Wildman–Crippen MR) is 85.0 cm³/mol. The molecule has 2 aromatic carbocycles. The number of anilines is 1. The minimum atomic E-state index is 0.246. The SMILES string of the molecule is Clc1cc(Cl)c(NC2CSc3ccccc32)cc1Cl. The molecule has 19 heavy (non-hydrogen) atoms. The van der Waals surface area contributed by atoms with E-state index in [1.807, 2.05) is 11.8 Å². The molecule has 0 saturated carbocycles. The van der Waals surface area contributed by atoms with Crippen molar-refractivity contribution in [3.8, 4) is 0 Å². The summed E-state index contributed by atoms with van der Waals surface area (Å²) < 4.78 is 0. The van der Waals surface area contributed by atoms with Crippen LogP contribution in [-0.4, -0.2) is 5.75 Å². The van der Waals surface area contributed by atoms with Crippen LogP contribution in [0.3, 0.4) is 0 Å². The van der Waals surface area contributed by atoms with E-state index in [1.165, 1.54) is 10.5 Å². The van der Waals surface area contributed by atoms with Gasteiger partial charge in [0, 0.05) is 10.6 Å². The molecule has 0 bridgehead atoms. The van der Waals surface area contributed by atoms with Crippen molar-refractivity contribution < 1.29 is 0 Å². The molecule has 0 aromatic heterocycles. The first kappa shape index (κ1) is 13.4. The lowest BCUT2D eigenvalue weighted by Gasteiger charge is -2.16. The first-order chi connectivity index (χ1) is 9.15. The van der Waals surface area contributed by atoms with Crippen molar-refractivity contribution in [3.05, 3.63) is 57.0 Å². The summed E-state index contributed by atoms with van der Waals surface area (Å²) in [5.74, 6) is 0.982. The van der Waals surface area contributed by atoms with Crippen LogP contribution >= 0.6 is 46.6 Å². The van der Waals surface area contributed by atoms with Crippen molar-refractivity contribution in [1.29, 1.82) is 0 Å². The van der Waals surface area contributed by atoms with Crippen molar-refractivity contribution in [2.75, 3.05) is 11.1 Å². The second-order valence-electron chi connectivity index (χ2n) is 4.29. The molecule has 1 heterocycles. The summed E-state index contributed by atoms with van der Waals surface area (Å²) in [4.78, 5) is 1.32. The minimum absolute atomic E-state index is 0.246. The Bertz CT molecular complexity index is 630. The van der Waals surface area contributed by atoms with Crippen LogP contribution in [0.15, 0.2) is 41.3 Å². The monoisotopic (exact) mass is 329 g/mol. The van der Waals surface area contributed by atoms with Gasteiger partial charge in [-0.25, -0.2) is 0 Å². The van der Waals surface area contributed by atoms with Gasteiger partial charge >= 0.3 is 0 Å². The number of rotatable bonds is 2. The van der Waals surface area contributed by atoms with Gasteiger partial charge in [0.25, 0.3) is 0 Å². The normalized spacial score (nSPS) is 17.3. The zero-order valence-electron chi connectivity index (χ0n) is 9.79. The number of hydrogen-bond acceptors (Lipinski definition) is 2. The van der Waals surface area contributed by atoms with Crippen molar-refractivity contribution in [2.24, 2.45) is 0 Å². The van der Waals surface area contributed by atoms with Gasteiger partial charge in [0.15, 0.2) is 0 Å². The van der Waals surface area contributed by atoms with Crippen LogP contribution in [0.2, 0.25) is 15.1 Å². The highest BCUT2D eigenvalue weighted by atomic mass is 35.5. The van der Waals surface area contributed by atoms with Crippen LogP contribution in [-0.2, 0) is 0 Å². The van der Waals surface area contributed by atoms with Gasteiger partial charge < -0.3 is 5.32 Å². The molecule has 1 unspecified atom stereocenters. The van der Waals surface area contributed by atoms with E-state index in [1.54, 1.807) is 12.1 Å². The number of benzene rings is 2. The van der Waals surface area contributed by atoms with E-state index in [0.29, 0.717) is 15.1 Å². The Kier molecular flexibility index (Phi) is 3.86. The average Bonchev–Trinajstić information content (AvgIpc) is 2.80. The van der Waals surface area contributed by atoms with Crippen LogP contribution in [0, 0.1) is 0 Å². The summed E-state index contributed by atoms with van der Waals surface area (Å²) in [6.45, 7) is 0. The second kappa shape index (κ2) is 5.45. The van der Waals surface area contributed by atoms with Crippen molar-refractivity contribution in [1.82, 2.24) is 0 Å². The van der Waals surface area contributed by atoms with Crippen LogP contribution in [0.5, 0.6) is 0 Å². The Morgan fingerprint density at radius 3 is 2.58 bits per heavy atom. The highest BCUT2D eigenvalue weighted by Gasteiger charge is 2.23. The maximum atomic E-state index is 6.19. The zero-order valence-corrected chi connectivity index (χ0v) is 12.9. The van der Waals surface area contributed by atoms with Gasteiger partial charge in [-0.2, -0.15) is 0 Å². The summed E-state index contributed by atoms with van der Waals surface area (Å²) in [7, 11) is 0. The highest BCUT2D eigenvalue weighted by molar-refractivity contribution is 7.99. The fourth-order valence-corrected chi connectivity index (χ4v) is 3.87. The molecule has 98 valence electrons. The van der Waals surface area contributed by atoms with E-state index in [0.717, 1.165) is 11.4 Å². The topological polar surface area (TPSA) is 12.0 Å². The Labute approximate surface area is 131 Å². The van der Waals surface area contributed by atoms with E-state index >= 15 is 0 Å². The fourth-order valence-electron chi connectivity index (χ4n) is 2.10. The summed E-state index contributed by atoms with van der Waals surface area (Å²) in [5, 5.41) is 5.00. The van der Waals surface area contributed by atoms with Gasteiger partial charge in [-0.05, 0) is 23.8 Å². The lowest BCUT2D eigenvalue weighted by atomic mass is 10.1. The summed E-state index contributed by atoms with van der Waals surface area (Å²) in [6, 6.07) is 12.1. The second-order valence-corrected chi connectivity index (χ2v) is 6.58. The van der Waals surface area contributed by atoms with Gasteiger partial charge in [0.2, 0.25) is 0 Å². The van der Waals surface area contributed by atoms with E-state index in [4.69, 9.17) is 34.8 Å². The molecule has 0 radical (unpaired) electrons. The quantitative estimate of drug-likeness (QED) is 0.687. The van der Waals surface area contributed by atoms with Crippen LogP contribution in [0.4, 0.5) is 5.69 Å². The first-order valence-electron chi connectivity index (χ1n) is 5.78. The van der Waals surface area contributed by atoms with E-state index in [2.05, 4.69) is 29.6 Å². The lowest BCUT2D eigenvalue weighted by Crippen LogP contribution is -2.10. The van der Waals surface area contributed by atoms with E-state index < -0.39 is 0 Å². The van der Waals surface area contributed by atoms with Crippen LogP contribution < -0.4 is 5.32 Å². The Morgan fingerprint density at radius 1 is 1.00 bits per heavy atom. The molecule has 1 N–H and O–H groups in total. The third-order valence-corrected chi connectivity index (χ3v) is 5.26. The molecule has 1 aliphatic rings. The fraction of sp³-hybridized carbons (Fsp3) is 0.143. The molecule has 0 fully saturated rings. The molecule has 1 aliphatic heterocycles. The van der Waals surface area contributed by atoms with Gasteiger partial charge in [0.1, 0.15) is 0 Å². The third kappa shape index (κ3) is 2.68. The van der Waals surface area contributed by atoms with Crippen LogP contribution in [0.1, 0.15) is 11.6 Å². The molecule has 0 spiro atoms. The molecule has 1 nitrogen and oxygen atoms in total. The average molecular weight is 331 g/mol. The maximum Gasteiger partial charge on any atom is 0.0653 e. The van der Waals surface area contributed by atoms with E-state index in [-0.39, 0.29) is 6.04 Å². The number of fused-ring (bicyclic) bond motifs is 1. The van der Waals surface area contributed by atoms with Crippen LogP contribution in [0.25, 0.3) is 0 Å². The molecule has 0 saturated heterocycles. The molecular weight excluding hydrogens is 321 g/mol. The predicted octanol–water partition coefficient (Wildman–Crippen LogP) is 5.91. The smallest absolute Gasteiger partial charge is 0.0653 e. The molecule has 3 rings (SSSR count). The minimum Gasteiger partial charge on any atom is -0.376 e. The summed E-state index contributed by atoms with van der Waals surface area (Å²) in [6.07, 6.45) is 0. The van der Waals surface area contributed by atoms with Crippen molar-refractivity contribution in [3.63, 3.8) is 0 Å². The number of halogens is 3. The molecule has 0 amide bonds. The Hall–Kier alpha value is -0.540. The molecule has 5 heteroatoms. The van der Waals surface area contributed by atoms with Gasteiger partial charge in [-0.1, -0.05) is 53.0 Å². The standard InChI is InChI=1S/C14H10Cl3NS/c15-9-5-11(17)12(6-10(9)16)18-13-7-19-14-4-2-1-3-8(13)14/h1-6,13,18H,7H2. The van der Waals surface area contributed by atoms with Crippen molar-refractivity contribution in [2.45, 2.75) is 10.9 Å². The van der Waals surface area contributed by atoms with Crippen molar-refractivity contribution >= 4 is 52.3 Å². The molecule has 1 atom stereocenters. The maximum absolute atomic E-state index is 6.19. The third-order valence-electron chi connectivity index (χ3n) is 3.04. The summed E-state index contributed by atoms with van der Waals surface area (Å²) in [5.41, 5.74) is 2.12. The number of hydrogen-bond donors (Lipinski definition) is 1.